The Morgan fingerprint density at radius 1 is 1.35 bits per heavy atom. The zero-order valence-corrected chi connectivity index (χ0v) is 12.4. The molecule has 2 rings (SSSR count). The average Bonchev–Trinajstić information content (AvgIpc) is 2.41. The van der Waals surface area contributed by atoms with Crippen LogP contribution in [0.5, 0.6) is 0 Å². The van der Waals surface area contributed by atoms with E-state index < -0.39 is 11.8 Å². The Bertz CT molecular complexity index is 527. The number of carboxylic acids is 1. The van der Waals surface area contributed by atoms with Crippen molar-refractivity contribution in [3.05, 3.63) is 34.1 Å². The molecule has 0 aliphatic carbocycles. The van der Waals surface area contributed by atoms with E-state index >= 15 is 0 Å². The SMILES string of the molecule is O=C(O)CC1CCN(C(=O)c2cccc(Br)c2F)CC1. The molecule has 4 nitrogen and oxygen atoms in total. The van der Waals surface area contributed by atoms with E-state index in [-0.39, 0.29) is 28.3 Å². The Morgan fingerprint density at radius 3 is 2.60 bits per heavy atom. The Labute approximate surface area is 124 Å². The monoisotopic (exact) mass is 343 g/mol. The van der Waals surface area contributed by atoms with E-state index in [0.29, 0.717) is 25.9 Å². The van der Waals surface area contributed by atoms with Gasteiger partial charge in [0.2, 0.25) is 0 Å². The summed E-state index contributed by atoms with van der Waals surface area (Å²) in [6, 6.07) is 4.63. The Hall–Kier alpha value is -1.43. The standard InChI is InChI=1S/C14H15BrFNO3/c15-11-3-1-2-10(13(11)16)14(20)17-6-4-9(5-7-17)8-12(18)19/h1-3,9H,4-8H2,(H,18,19). The normalized spacial score (nSPS) is 16.2. The van der Waals surface area contributed by atoms with Gasteiger partial charge in [-0.2, -0.15) is 0 Å². The molecule has 0 spiro atoms. The fourth-order valence-corrected chi connectivity index (χ4v) is 2.79. The van der Waals surface area contributed by atoms with Gasteiger partial charge in [-0.1, -0.05) is 6.07 Å². The second kappa shape index (κ2) is 6.35. The fraction of sp³-hybridized carbons (Fsp3) is 0.429. The van der Waals surface area contributed by atoms with Gasteiger partial charge in [0.15, 0.2) is 0 Å². The molecule has 0 bridgehead atoms. The molecule has 0 radical (unpaired) electrons. The molecule has 20 heavy (non-hydrogen) atoms. The maximum Gasteiger partial charge on any atom is 0.303 e. The predicted octanol–water partition coefficient (Wildman–Crippen LogP) is 2.92. The van der Waals surface area contributed by atoms with Gasteiger partial charge in [-0.15, -0.1) is 0 Å². The molecule has 1 aromatic rings. The first-order valence-corrected chi connectivity index (χ1v) is 7.23. The minimum atomic E-state index is -0.812. The van der Waals surface area contributed by atoms with Gasteiger partial charge in [0.25, 0.3) is 5.91 Å². The van der Waals surface area contributed by atoms with Gasteiger partial charge in [0.05, 0.1) is 10.0 Å². The molecular weight excluding hydrogens is 329 g/mol. The van der Waals surface area contributed by atoms with Crippen molar-refractivity contribution in [2.75, 3.05) is 13.1 Å². The van der Waals surface area contributed by atoms with E-state index in [1.54, 1.807) is 17.0 Å². The summed E-state index contributed by atoms with van der Waals surface area (Å²) in [6.45, 7) is 0.950. The number of benzene rings is 1. The second-order valence-electron chi connectivity index (χ2n) is 4.93. The molecule has 1 fully saturated rings. The summed E-state index contributed by atoms with van der Waals surface area (Å²) in [7, 11) is 0. The summed E-state index contributed by atoms with van der Waals surface area (Å²) in [5.41, 5.74) is 0.0519. The van der Waals surface area contributed by atoms with Crippen LogP contribution in [0, 0.1) is 11.7 Å². The van der Waals surface area contributed by atoms with E-state index in [1.807, 2.05) is 0 Å². The maximum atomic E-state index is 13.9. The van der Waals surface area contributed by atoms with Crippen LogP contribution in [0.1, 0.15) is 29.6 Å². The molecule has 0 saturated carbocycles. The molecule has 1 N–H and O–H groups in total. The van der Waals surface area contributed by atoms with Crippen LogP contribution >= 0.6 is 15.9 Å². The van der Waals surface area contributed by atoms with Crippen molar-refractivity contribution >= 4 is 27.8 Å². The van der Waals surface area contributed by atoms with Crippen LogP contribution in [0.4, 0.5) is 4.39 Å². The van der Waals surface area contributed by atoms with E-state index in [0.717, 1.165) is 0 Å². The third kappa shape index (κ3) is 3.36. The highest BCUT2D eigenvalue weighted by Crippen LogP contribution is 2.24. The minimum Gasteiger partial charge on any atom is -0.481 e. The van der Waals surface area contributed by atoms with Crippen molar-refractivity contribution < 1.29 is 19.1 Å². The number of aliphatic carboxylic acids is 1. The molecular formula is C14H15BrFNO3. The summed E-state index contributed by atoms with van der Waals surface area (Å²) < 4.78 is 14.2. The molecule has 1 aromatic carbocycles. The highest BCUT2D eigenvalue weighted by atomic mass is 79.9. The van der Waals surface area contributed by atoms with Gasteiger partial charge < -0.3 is 10.0 Å². The van der Waals surface area contributed by atoms with Gasteiger partial charge in [-0.25, -0.2) is 4.39 Å². The number of carbonyl (C=O) groups is 2. The van der Waals surface area contributed by atoms with Crippen LogP contribution in [0.3, 0.4) is 0 Å². The molecule has 1 aliphatic rings. The van der Waals surface area contributed by atoms with Gasteiger partial charge in [0.1, 0.15) is 5.82 Å². The average molecular weight is 344 g/mol. The second-order valence-corrected chi connectivity index (χ2v) is 5.79. The summed E-state index contributed by atoms with van der Waals surface area (Å²) in [6.07, 6.45) is 1.43. The number of piperidine rings is 1. The lowest BCUT2D eigenvalue weighted by Gasteiger charge is -2.31. The zero-order valence-electron chi connectivity index (χ0n) is 10.8. The molecule has 6 heteroatoms. The topological polar surface area (TPSA) is 57.6 Å². The predicted molar refractivity (Wildman–Crippen MR) is 75.0 cm³/mol. The first-order valence-electron chi connectivity index (χ1n) is 6.44. The van der Waals surface area contributed by atoms with Crippen LogP contribution in [-0.4, -0.2) is 35.0 Å². The summed E-state index contributed by atoms with van der Waals surface area (Å²) >= 11 is 3.06. The van der Waals surface area contributed by atoms with Crippen LogP contribution in [0.15, 0.2) is 22.7 Å². The van der Waals surface area contributed by atoms with E-state index in [9.17, 15) is 14.0 Å². The summed E-state index contributed by atoms with van der Waals surface area (Å²) in [5, 5.41) is 8.75. The Kier molecular flexibility index (Phi) is 4.75. The van der Waals surface area contributed by atoms with Crippen molar-refractivity contribution in [1.82, 2.24) is 4.90 Å². The van der Waals surface area contributed by atoms with Gasteiger partial charge in [-0.05, 0) is 46.8 Å². The number of carbonyl (C=O) groups excluding carboxylic acids is 1. The molecule has 1 saturated heterocycles. The van der Waals surface area contributed by atoms with Crippen LogP contribution < -0.4 is 0 Å². The van der Waals surface area contributed by atoms with E-state index in [1.165, 1.54) is 6.07 Å². The number of amides is 1. The first-order chi connectivity index (χ1) is 9.49. The summed E-state index contributed by atoms with van der Waals surface area (Å²) in [4.78, 5) is 24.5. The smallest absolute Gasteiger partial charge is 0.303 e. The Morgan fingerprint density at radius 2 is 2.00 bits per heavy atom. The maximum absolute atomic E-state index is 13.9. The number of likely N-dealkylation sites (tertiary alicyclic amines) is 1. The first kappa shape index (κ1) is 15.0. The van der Waals surface area contributed by atoms with Crippen molar-refractivity contribution in [2.24, 2.45) is 5.92 Å². The number of carboxylic acid groups (broad SMARTS) is 1. The lowest BCUT2D eigenvalue weighted by atomic mass is 9.93. The number of hydrogen-bond donors (Lipinski definition) is 1. The molecule has 1 aliphatic heterocycles. The largest absolute Gasteiger partial charge is 0.481 e. The number of rotatable bonds is 3. The van der Waals surface area contributed by atoms with Crippen LogP contribution in [0.2, 0.25) is 0 Å². The van der Waals surface area contributed by atoms with Crippen molar-refractivity contribution in [1.29, 1.82) is 0 Å². The molecule has 0 unspecified atom stereocenters. The lowest BCUT2D eigenvalue weighted by molar-refractivity contribution is -0.138. The summed E-state index contributed by atoms with van der Waals surface area (Å²) in [5.74, 6) is -1.60. The third-order valence-corrected chi connectivity index (χ3v) is 4.16. The molecule has 1 amide bonds. The quantitative estimate of drug-likeness (QED) is 0.917. The molecule has 0 atom stereocenters. The number of nitrogens with zero attached hydrogens (tertiary/aromatic N) is 1. The van der Waals surface area contributed by atoms with Crippen molar-refractivity contribution in [3.8, 4) is 0 Å². The van der Waals surface area contributed by atoms with Gasteiger partial charge in [0, 0.05) is 19.5 Å². The molecule has 108 valence electrons. The zero-order chi connectivity index (χ0) is 14.7. The molecule has 0 aromatic heterocycles. The van der Waals surface area contributed by atoms with Gasteiger partial charge >= 0.3 is 5.97 Å². The van der Waals surface area contributed by atoms with E-state index in [4.69, 9.17) is 5.11 Å². The third-order valence-electron chi connectivity index (χ3n) is 3.55. The van der Waals surface area contributed by atoms with Crippen molar-refractivity contribution in [3.63, 3.8) is 0 Å². The Balaban J connectivity index is 2.02. The number of halogens is 2. The van der Waals surface area contributed by atoms with E-state index in [2.05, 4.69) is 15.9 Å². The number of hydrogen-bond acceptors (Lipinski definition) is 2. The van der Waals surface area contributed by atoms with Crippen LogP contribution in [0.25, 0.3) is 0 Å². The highest BCUT2D eigenvalue weighted by Gasteiger charge is 2.26. The molecule has 1 heterocycles. The van der Waals surface area contributed by atoms with Gasteiger partial charge in [-0.3, -0.25) is 9.59 Å². The van der Waals surface area contributed by atoms with Crippen LogP contribution in [-0.2, 0) is 4.79 Å². The fourth-order valence-electron chi connectivity index (χ4n) is 2.43. The highest BCUT2D eigenvalue weighted by molar-refractivity contribution is 9.10. The minimum absolute atomic E-state index is 0.0519. The lowest BCUT2D eigenvalue weighted by Crippen LogP contribution is -2.39. The van der Waals surface area contributed by atoms with Crippen molar-refractivity contribution in [2.45, 2.75) is 19.3 Å².